The van der Waals surface area contributed by atoms with Crippen LogP contribution in [0.15, 0.2) is 23.1 Å². The van der Waals surface area contributed by atoms with Gasteiger partial charge in [-0.15, -0.1) is 18.2 Å². The summed E-state index contributed by atoms with van der Waals surface area (Å²) in [6.07, 6.45) is 5.06. The van der Waals surface area contributed by atoms with Crippen molar-refractivity contribution < 1.29 is 12.8 Å². The Morgan fingerprint density at radius 2 is 2.22 bits per heavy atom. The van der Waals surface area contributed by atoms with E-state index in [0.29, 0.717) is 11.5 Å². The van der Waals surface area contributed by atoms with Crippen molar-refractivity contribution in [1.82, 2.24) is 4.72 Å². The second kappa shape index (κ2) is 6.64. The van der Waals surface area contributed by atoms with E-state index in [0.717, 1.165) is 6.07 Å². The van der Waals surface area contributed by atoms with E-state index in [-0.39, 0.29) is 17.1 Å². The molecule has 0 atom stereocenters. The molecule has 0 aromatic heterocycles. The first-order valence-corrected chi connectivity index (χ1v) is 7.67. The van der Waals surface area contributed by atoms with E-state index in [9.17, 15) is 12.8 Å². The molecule has 7 heteroatoms. The number of hydrogen-bond acceptors (Lipinski definition) is 4. The highest BCUT2D eigenvalue weighted by Crippen LogP contribution is 2.15. The summed E-state index contributed by atoms with van der Waals surface area (Å²) in [7, 11) is -3.70. The number of nitrogen functional groups attached to an aromatic ring is 1. The van der Waals surface area contributed by atoms with E-state index >= 15 is 0 Å². The van der Waals surface area contributed by atoms with Gasteiger partial charge < -0.3 is 5.73 Å². The molecule has 98 valence electrons. The molecular weight excluding hydrogens is 275 g/mol. The lowest BCUT2D eigenvalue weighted by Gasteiger charge is -2.07. The van der Waals surface area contributed by atoms with Crippen LogP contribution in [-0.2, 0) is 10.0 Å². The highest BCUT2D eigenvalue weighted by Gasteiger charge is 2.14. The lowest BCUT2D eigenvalue weighted by atomic mass is 10.3. The van der Waals surface area contributed by atoms with E-state index in [1.165, 1.54) is 23.9 Å². The molecule has 3 N–H and O–H groups in total. The number of halogens is 1. The minimum Gasteiger partial charge on any atom is -0.396 e. The summed E-state index contributed by atoms with van der Waals surface area (Å²) < 4.78 is 39.0. The fourth-order valence-electron chi connectivity index (χ4n) is 1.14. The van der Waals surface area contributed by atoms with Crippen LogP contribution in [0.5, 0.6) is 0 Å². The fourth-order valence-corrected chi connectivity index (χ4v) is 2.82. The molecule has 0 amide bonds. The monoisotopic (exact) mass is 288 g/mol. The summed E-state index contributed by atoms with van der Waals surface area (Å²) in [6, 6.07) is 3.37. The predicted octanol–water partition coefficient (Wildman–Crippen LogP) is 1.05. The van der Waals surface area contributed by atoms with Crippen molar-refractivity contribution in [2.75, 3.05) is 23.8 Å². The number of anilines is 1. The summed E-state index contributed by atoms with van der Waals surface area (Å²) in [5.41, 5.74) is 5.19. The van der Waals surface area contributed by atoms with Crippen LogP contribution < -0.4 is 10.5 Å². The van der Waals surface area contributed by atoms with E-state index in [1.54, 1.807) is 0 Å². The molecule has 18 heavy (non-hydrogen) atoms. The van der Waals surface area contributed by atoms with Crippen molar-refractivity contribution in [1.29, 1.82) is 0 Å². The molecule has 1 aromatic rings. The van der Waals surface area contributed by atoms with Crippen LogP contribution in [0.25, 0.3) is 0 Å². The van der Waals surface area contributed by atoms with Crippen LogP contribution in [0.1, 0.15) is 0 Å². The molecule has 0 saturated carbocycles. The standard InChI is InChI=1S/C11H13FN2O2S2/c1-2-6-17-7-5-14-18(15,16)9-3-4-11(13)10(12)8-9/h1,3-4,8,14H,5-7,13H2. The summed E-state index contributed by atoms with van der Waals surface area (Å²) >= 11 is 1.44. The first-order chi connectivity index (χ1) is 8.47. The van der Waals surface area contributed by atoms with Gasteiger partial charge in [0.1, 0.15) is 5.82 Å². The minimum absolute atomic E-state index is 0.0847. The Kier molecular flexibility index (Phi) is 5.47. The van der Waals surface area contributed by atoms with Gasteiger partial charge in [-0.2, -0.15) is 0 Å². The van der Waals surface area contributed by atoms with E-state index in [2.05, 4.69) is 10.6 Å². The van der Waals surface area contributed by atoms with Gasteiger partial charge in [-0.3, -0.25) is 0 Å². The van der Waals surface area contributed by atoms with Gasteiger partial charge in [0, 0.05) is 12.3 Å². The number of hydrogen-bond donors (Lipinski definition) is 2. The van der Waals surface area contributed by atoms with Gasteiger partial charge in [0.2, 0.25) is 10.0 Å². The van der Waals surface area contributed by atoms with Gasteiger partial charge in [-0.1, -0.05) is 5.92 Å². The van der Waals surface area contributed by atoms with Crippen molar-refractivity contribution in [3.05, 3.63) is 24.0 Å². The molecule has 0 aliphatic carbocycles. The molecule has 0 aliphatic heterocycles. The number of rotatable bonds is 6. The maximum absolute atomic E-state index is 13.2. The number of sulfonamides is 1. The Hall–Kier alpha value is -1.23. The lowest BCUT2D eigenvalue weighted by molar-refractivity contribution is 0.580. The zero-order valence-electron chi connectivity index (χ0n) is 9.52. The van der Waals surface area contributed by atoms with Crippen molar-refractivity contribution in [2.24, 2.45) is 0 Å². The SMILES string of the molecule is C#CCSCCNS(=O)(=O)c1ccc(N)c(F)c1. The van der Waals surface area contributed by atoms with Crippen LogP contribution in [-0.4, -0.2) is 26.5 Å². The Labute approximate surface area is 110 Å². The van der Waals surface area contributed by atoms with Crippen molar-refractivity contribution in [3.63, 3.8) is 0 Å². The van der Waals surface area contributed by atoms with E-state index < -0.39 is 15.8 Å². The van der Waals surface area contributed by atoms with Crippen molar-refractivity contribution in [3.8, 4) is 12.3 Å². The summed E-state index contributed by atoms with van der Waals surface area (Å²) in [4.78, 5) is -0.142. The molecule has 0 heterocycles. The second-order valence-electron chi connectivity index (χ2n) is 3.34. The zero-order valence-corrected chi connectivity index (χ0v) is 11.2. The van der Waals surface area contributed by atoms with Crippen molar-refractivity contribution in [2.45, 2.75) is 4.90 Å². The molecule has 0 fully saturated rings. The van der Waals surface area contributed by atoms with Gasteiger partial charge in [0.05, 0.1) is 16.3 Å². The largest absolute Gasteiger partial charge is 0.396 e. The fraction of sp³-hybridized carbons (Fsp3) is 0.273. The molecule has 0 bridgehead atoms. The molecule has 0 spiro atoms. The van der Waals surface area contributed by atoms with Gasteiger partial charge >= 0.3 is 0 Å². The average Bonchev–Trinajstić information content (AvgIpc) is 2.32. The number of thioether (sulfide) groups is 1. The lowest BCUT2D eigenvalue weighted by Crippen LogP contribution is -2.26. The Morgan fingerprint density at radius 3 is 2.83 bits per heavy atom. The van der Waals surface area contributed by atoms with Gasteiger partial charge in [0.25, 0.3) is 0 Å². The number of terminal acetylenes is 1. The maximum Gasteiger partial charge on any atom is 0.240 e. The zero-order chi connectivity index (χ0) is 13.6. The van der Waals surface area contributed by atoms with Crippen LogP contribution in [0.2, 0.25) is 0 Å². The molecular formula is C11H13FN2O2S2. The topological polar surface area (TPSA) is 72.2 Å². The Bertz CT molecular complexity index is 553. The van der Waals surface area contributed by atoms with Gasteiger partial charge in [-0.25, -0.2) is 17.5 Å². The number of benzene rings is 1. The molecule has 0 radical (unpaired) electrons. The van der Waals surface area contributed by atoms with Crippen LogP contribution in [0.4, 0.5) is 10.1 Å². The highest BCUT2D eigenvalue weighted by molar-refractivity contribution is 7.99. The smallest absolute Gasteiger partial charge is 0.240 e. The Balaban J connectivity index is 2.63. The summed E-state index contributed by atoms with van der Waals surface area (Å²) in [5.74, 6) is 2.77. The maximum atomic E-state index is 13.2. The predicted molar refractivity (Wildman–Crippen MR) is 72.2 cm³/mol. The Morgan fingerprint density at radius 1 is 1.50 bits per heavy atom. The second-order valence-corrected chi connectivity index (χ2v) is 6.21. The normalized spacial score (nSPS) is 11.1. The highest BCUT2D eigenvalue weighted by atomic mass is 32.2. The van der Waals surface area contributed by atoms with Crippen LogP contribution >= 0.6 is 11.8 Å². The number of nitrogens with one attached hydrogen (secondary N) is 1. The first-order valence-electron chi connectivity index (χ1n) is 5.03. The average molecular weight is 288 g/mol. The van der Waals surface area contributed by atoms with Crippen molar-refractivity contribution >= 4 is 27.5 Å². The minimum atomic E-state index is -3.70. The third-order valence-electron chi connectivity index (χ3n) is 2.01. The molecule has 0 unspecified atom stereocenters. The third kappa shape index (κ3) is 4.22. The third-order valence-corrected chi connectivity index (χ3v) is 4.33. The molecule has 1 aromatic carbocycles. The van der Waals surface area contributed by atoms with Crippen LogP contribution in [0.3, 0.4) is 0 Å². The molecule has 1 rings (SSSR count). The molecule has 0 saturated heterocycles. The van der Waals surface area contributed by atoms with E-state index in [1.807, 2.05) is 0 Å². The first kappa shape index (κ1) is 14.8. The van der Waals surface area contributed by atoms with Gasteiger partial charge in [0.15, 0.2) is 0 Å². The summed E-state index contributed by atoms with van der Waals surface area (Å²) in [6.45, 7) is 0.237. The quantitative estimate of drug-likeness (QED) is 0.466. The molecule has 4 nitrogen and oxygen atoms in total. The molecule has 0 aliphatic rings. The summed E-state index contributed by atoms with van der Waals surface area (Å²) in [5, 5.41) is 0. The van der Waals surface area contributed by atoms with Gasteiger partial charge in [-0.05, 0) is 18.2 Å². The van der Waals surface area contributed by atoms with Crippen LogP contribution in [0, 0.1) is 18.2 Å². The number of nitrogens with two attached hydrogens (primary N) is 1. The van der Waals surface area contributed by atoms with E-state index in [4.69, 9.17) is 12.2 Å².